The van der Waals surface area contributed by atoms with Gasteiger partial charge in [-0.05, 0) is 42.5 Å². The predicted molar refractivity (Wildman–Crippen MR) is 121 cm³/mol. The van der Waals surface area contributed by atoms with Gasteiger partial charge in [0.25, 0.3) is 5.91 Å². The van der Waals surface area contributed by atoms with Gasteiger partial charge in [-0.1, -0.05) is 0 Å². The number of nitriles is 1. The Morgan fingerprint density at radius 1 is 1.22 bits per heavy atom. The van der Waals surface area contributed by atoms with Gasteiger partial charge in [-0.25, -0.2) is 12.7 Å². The van der Waals surface area contributed by atoms with E-state index >= 15 is 0 Å². The average molecular weight is 475 g/mol. The highest BCUT2D eigenvalue weighted by Gasteiger charge is 2.36. The first-order valence-corrected chi connectivity index (χ1v) is 12.1. The molecule has 1 aliphatic rings. The van der Waals surface area contributed by atoms with Gasteiger partial charge in [-0.2, -0.15) is 5.26 Å². The molecule has 1 heterocycles. The summed E-state index contributed by atoms with van der Waals surface area (Å²) in [5.41, 5.74) is 1.13. The van der Waals surface area contributed by atoms with Crippen LogP contribution in [0.4, 0.5) is 5.69 Å². The van der Waals surface area contributed by atoms with Crippen LogP contribution < -0.4 is 10.1 Å². The quantitative estimate of drug-likeness (QED) is 0.680. The molecule has 1 saturated heterocycles. The summed E-state index contributed by atoms with van der Waals surface area (Å²) in [5, 5.41) is 11.6. The Kier molecular flexibility index (Phi) is 7.08. The summed E-state index contributed by atoms with van der Waals surface area (Å²) in [4.78, 5) is 27.3. The van der Waals surface area contributed by atoms with Gasteiger partial charge in [-0.15, -0.1) is 11.8 Å². The van der Waals surface area contributed by atoms with Gasteiger partial charge in [0.1, 0.15) is 16.7 Å². The Labute approximate surface area is 191 Å². The molecule has 1 unspecified atom stereocenters. The Bertz CT molecular complexity index is 1170. The zero-order chi connectivity index (χ0) is 23.5. The van der Waals surface area contributed by atoms with E-state index in [0.29, 0.717) is 22.9 Å². The minimum atomic E-state index is -3.85. The fraction of sp³-hybridized carbons (Fsp3) is 0.286. The van der Waals surface area contributed by atoms with E-state index in [9.17, 15) is 18.0 Å². The van der Waals surface area contributed by atoms with E-state index in [2.05, 4.69) is 5.32 Å². The molecule has 11 heteroatoms. The third-order valence-corrected chi connectivity index (χ3v) is 7.75. The molecule has 168 valence electrons. The number of benzene rings is 2. The van der Waals surface area contributed by atoms with Crippen LogP contribution in [0.5, 0.6) is 5.75 Å². The van der Waals surface area contributed by atoms with Crippen molar-refractivity contribution in [3.63, 3.8) is 0 Å². The number of ether oxygens (including phenoxy) is 1. The average Bonchev–Trinajstić information content (AvgIpc) is 3.28. The molecule has 0 aromatic heterocycles. The lowest BCUT2D eigenvalue weighted by molar-refractivity contribution is -0.119. The molecule has 0 aliphatic carbocycles. The second kappa shape index (κ2) is 9.60. The van der Waals surface area contributed by atoms with Crippen LogP contribution in [0.2, 0.25) is 0 Å². The Morgan fingerprint density at radius 2 is 1.91 bits per heavy atom. The van der Waals surface area contributed by atoms with Gasteiger partial charge >= 0.3 is 0 Å². The number of amides is 2. The normalized spacial score (nSPS) is 16.0. The van der Waals surface area contributed by atoms with Crippen molar-refractivity contribution in [1.82, 2.24) is 9.21 Å². The number of anilines is 1. The third-order valence-electron chi connectivity index (χ3n) is 4.90. The largest absolute Gasteiger partial charge is 0.495 e. The van der Waals surface area contributed by atoms with E-state index in [1.165, 1.54) is 56.1 Å². The maximum atomic E-state index is 13.2. The standard InChI is InChI=1S/C21H22N4O5S2/c1-24(2)32(28,29)19-10-15(6-9-18(19)30-3)21(27)25-13-31-12-17(25)20(26)23-16-7-4-14(11-22)5-8-16/h4-10,17H,12-13H2,1-3H3,(H,23,26). The van der Waals surface area contributed by atoms with Crippen LogP contribution in [0.25, 0.3) is 0 Å². The molecule has 2 aromatic rings. The van der Waals surface area contributed by atoms with E-state index in [4.69, 9.17) is 10.00 Å². The molecular formula is C21H22N4O5S2. The summed E-state index contributed by atoms with van der Waals surface area (Å²) in [6.45, 7) is 0. The highest BCUT2D eigenvalue weighted by molar-refractivity contribution is 7.99. The lowest BCUT2D eigenvalue weighted by Crippen LogP contribution is -2.44. The topological polar surface area (TPSA) is 120 Å². The minimum Gasteiger partial charge on any atom is -0.495 e. The van der Waals surface area contributed by atoms with Crippen molar-refractivity contribution < 1.29 is 22.7 Å². The lowest BCUT2D eigenvalue weighted by Gasteiger charge is -2.24. The number of sulfonamides is 1. The van der Waals surface area contributed by atoms with Gasteiger partial charge in [0, 0.05) is 31.1 Å². The summed E-state index contributed by atoms with van der Waals surface area (Å²) in [5.74, 6) is 0.0237. The summed E-state index contributed by atoms with van der Waals surface area (Å²) < 4.78 is 31.5. The van der Waals surface area contributed by atoms with Crippen molar-refractivity contribution in [1.29, 1.82) is 5.26 Å². The van der Waals surface area contributed by atoms with Crippen LogP contribution in [-0.4, -0.2) is 68.3 Å². The number of hydrogen-bond acceptors (Lipinski definition) is 7. The summed E-state index contributed by atoms with van der Waals surface area (Å²) in [6, 6.07) is 11.9. The van der Waals surface area contributed by atoms with E-state index < -0.39 is 22.0 Å². The zero-order valence-electron chi connectivity index (χ0n) is 17.7. The van der Waals surface area contributed by atoms with E-state index in [-0.39, 0.29) is 22.1 Å². The van der Waals surface area contributed by atoms with Crippen LogP contribution in [0.3, 0.4) is 0 Å². The highest BCUT2D eigenvalue weighted by Crippen LogP contribution is 2.30. The molecule has 2 aromatic carbocycles. The van der Waals surface area contributed by atoms with Crippen molar-refractivity contribution in [2.45, 2.75) is 10.9 Å². The number of nitrogens with zero attached hydrogens (tertiary/aromatic N) is 3. The van der Waals surface area contributed by atoms with E-state index in [1.54, 1.807) is 24.3 Å². The smallest absolute Gasteiger partial charge is 0.255 e. The molecule has 3 rings (SSSR count). The Balaban J connectivity index is 1.84. The molecule has 1 atom stereocenters. The number of nitrogens with one attached hydrogen (secondary N) is 1. The van der Waals surface area contributed by atoms with Gasteiger partial charge in [0.15, 0.2) is 0 Å². The first-order chi connectivity index (χ1) is 15.2. The van der Waals surface area contributed by atoms with Crippen LogP contribution in [0.15, 0.2) is 47.4 Å². The SMILES string of the molecule is COc1ccc(C(=O)N2CSCC2C(=O)Nc2ccc(C#N)cc2)cc1S(=O)(=O)N(C)C. The van der Waals surface area contributed by atoms with Gasteiger partial charge in [0.05, 0.1) is 24.6 Å². The number of carbonyl (C=O) groups is 2. The first kappa shape index (κ1) is 23.6. The molecule has 1 N–H and O–H groups in total. The Morgan fingerprint density at radius 3 is 2.50 bits per heavy atom. The van der Waals surface area contributed by atoms with Gasteiger partial charge < -0.3 is 15.0 Å². The number of rotatable bonds is 6. The lowest BCUT2D eigenvalue weighted by atomic mass is 10.1. The van der Waals surface area contributed by atoms with Crippen molar-refractivity contribution in [2.75, 3.05) is 38.2 Å². The molecule has 2 amide bonds. The zero-order valence-corrected chi connectivity index (χ0v) is 19.4. The summed E-state index contributed by atoms with van der Waals surface area (Å²) >= 11 is 1.43. The van der Waals surface area contributed by atoms with Crippen molar-refractivity contribution in [2.24, 2.45) is 0 Å². The predicted octanol–water partition coefficient (Wildman–Crippen LogP) is 1.97. The summed E-state index contributed by atoms with van der Waals surface area (Å²) in [6.07, 6.45) is 0. The van der Waals surface area contributed by atoms with Crippen LogP contribution >= 0.6 is 11.8 Å². The maximum absolute atomic E-state index is 13.2. The maximum Gasteiger partial charge on any atom is 0.255 e. The van der Waals surface area contributed by atoms with Crippen molar-refractivity contribution in [3.8, 4) is 11.8 Å². The second-order valence-corrected chi connectivity index (χ2v) is 10.2. The van der Waals surface area contributed by atoms with Crippen LogP contribution in [-0.2, 0) is 14.8 Å². The minimum absolute atomic E-state index is 0.124. The second-order valence-electron chi connectivity index (χ2n) is 7.12. The van der Waals surface area contributed by atoms with Crippen molar-refractivity contribution in [3.05, 3.63) is 53.6 Å². The Hall–Kier alpha value is -3.07. The molecule has 0 bridgehead atoms. The first-order valence-electron chi connectivity index (χ1n) is 9.49. The van der Waals surface area contributed by atoms with Crippen molar-refractivity contribution >= 4 is 39.3 Å². The van der Waals surface area contributed by atoms with E-state index in [0.717, 1.165) is 4.31 Å². The fourth-order valence-corrected chi connectivity index (χ4v) is 5.32. The monoisotopic (exact) mass is 474 g/mol. The summed E-state index contributed by atoms with van der Waals surface area (Å²) in [7, 11) is 0.293. The number of hydrogen-bond donors (Lipinski definition) is 1. The molecule has 0 spiro atoms. The number of carbonyl (C=O) groups excluding carboxylic acids is 2. The molecule has 1 fully saturated rings. The number of thioether (sulfide) groups is 1. The van der Waals surface area contributed by atoms with Gasteiger partial charge in [-0.3, -0.25) is 9.59 Å². The molecular weight excluding hydrogens is 452 g/mol. The molecule has 0 saturated carbocycles. The van der Waals surface area contributed by atoms with Gasteiger partial charge in [0.2, 0.25) is 15.9 Å². The number of methoxy groups -OCH3 is 1. The fourth-order valence-electron chi connectivity index (χ4n) is 3.09. The van der Waals surface area contributed by atoms with Crippen LogP contribution in [0, 0.1) is 11.3 Å². The molecule has 0 radical (unpaired) electrons. The molecule has 9 nitrogen and oxygen atoms in total. The van der Waals surface area contributed by atoms with Crippen LogP contribution in [0.1, 0.15) is 15.9 Å². The molecule has 1 aliphatic heterocycles. The van der Waals surface area contributed by atoms with E-state index in [1.807, 2.05) is 6.07 Å². The third kappa shape index (κ3) is 4.72. The molecule has 32 heavy (non-hydrogen) atoms. The highest BCUT2D eigenvalue weighted by atomic mass is 32.2.